The summed E-state index contributed by atoms with van der Waals surface area (Å²) in [5.74, 6) is 1.27. The summed E-state index contributed by atoms with van der Waals surface area (Å²) in [5.41, 5.74) is 0.772. The van der Waals surface area contributed by atoms with Crippen LogP contribution in [0.3, 0.4) is 0 Å². The van der Waals surface area contributed by atoms with E-state index in [0.29, 0.717) is 16.7 Å². The average molecular weight is 278 g/mol. The van der Waals surface area contributed by atoms with Gasteiger partial charge in [-0.2, -0.15) is 0 Å². The smallest absolute Gasteiger partial charge is 0.208 e. The number of aliphatic hydroxyl groups excluding tert-OH is 1. The summed E-state index contributed by atoms with van der Waals surface area (Å²) in [5, 5.41) is 17.6. The first-order valence-corrected chi connectivity index (χ1v) is 7.09. The van der Waals surface area contributed by atoms with Gasteiger partial charge in [0, 0.05) is 23.7 Å². The maximum atomic E-state index is 9.97. The van der Waals surface area contributed by atoms with Crippen LogP contribution in [-0.2, 0) is 0 Å². The summed E-state index contributed by atoms with van der Waals surface area (Å²) < 4.78 is 0. The van der Waals surface area contributed by atoms with E-state index in [-0.39, 0.29) is 5.41 Å². The molecule has 5 nitrogen and oxygen atoms in total. The zero-order valence-electron chi connectivity index (χ0n) is 11.3. The Morgan fingerprint density at radius 2 is 2.21 bits per heavy atom. The molecule has 0 saturated heterocycles. The Morgan fingerprint density at radius 1 is 1.42 bits per heavy atom. The monoisotopic (exact) mass is 278 g/mol. The normalized spacial score (nSPS) is 13.5. The van der Waals surface area contributed by atoms with Crippen LogP contribution >= 0.6 is 11.8 Å². The molecule has 6 heteroatoms. The maximum Gasteiger partial charge on any atom is 0.208 e. The molecular weight excluding hydrogens is 260 g/mol. The van der Waals surface area contributed by atoms with Crippen molar-refractivity contribution in [3.05, 3.63) is 24.5 Å². The van der Waals surface area contributed by atoms with Gasteiger partial charge in [-0.25, -0.2) is 4.98 Å². The molecule has 0 spiro atoms. The first-order chi connectivity index (χ1) is 8.97. The molecule has 1 unspecified atom stereocenters. The van der Waals surface area contributed by atoms with Gasteiger partial charge in [0.25, 0.3) is 0 Å². The lowest BCUT2D eigenvalue weighted by atomic mass is 9.90. The number of rotatable bonds is 4. The van der Waals surface area contributed by atoms with E-state index in [2.05, 4.69) is 20.2 Å². The number of pyridine rings is 1. The van der Waals surface area contributed by atoms with Gasteiger partial charge in [-0.1, -0.05) is 32.5 Å². The molecule has 0 aliphatic rings. The SMILES string of the molecule is CC(C)(C)C(O)CSc1n[nH]c(-c2cccnc2)n1. The van der Waals surface area contributed by atoms with Gasteiger partial charge in [0.15, 0.2) is 5.82 Å². The molecule has 0 aromatic carbocycles. The third-order valence-electron chi connectivity index (χ3n) is 2.77. The summed E-state index contributed by atoms with van der Waals surface area (Å²) in [7, 11) is 0. The number of aromatic nitrogens is 4. The summed E-state index contributed by atoms with van der Waals surface area (Å²) in [6.07, 6.45) is 3.06. The van der Waals surface area contributed by atoms with E-state index in [0.717, 1.165) is 5.56 Å². The Bertz CT molecular complexity index is 521. The molecule has 2 N–H and O–H groups in total. The number of aliphatic hydroxyl groups is 1. The Hall–Kier alpha value is -1.40. The van der Waals surface area contributed by atoms with E-state index in [4.69, 9.17) is 0 Å². The molecule has 102 valence electrons. The standard InChI is InChI=1S/C13H18N4OS/c1-13(2,3)10(18)8-19-12-15-11(16-17-12)9-5-4-6-14-7-9/h4-7,10,18H,8H2,1-3H3,(H,15,16,17). The fourth-order valence-electron chi connectivity index (χ4n) is 1.35. The van der Waals surface area contributed by atoms with Crippen molar-refractivity contribution in [2.45, 2.75) is 32.0 Å². The van der Waals surface area contributed by atoms with Crippen LogP contribution in [0.5, 0.6) is 0 Å². The van der Waals surface area contributed by atoms with Crippen molar-refractivity contribution in [2.75, 3.05) is 5.75 Å². The van der Waals surface area contributed by atoms with Crippen molar-refractivity contribution in [1.29, 1.82) is 0 Å². The minimum atomic E-state index is -0.391. The molecule has 2 aromatic heterocycles. The number of H-pyrrole nitrogens is 1. The van der Waals surface area contributed by atoms with Gasteiger partial charge in [0.1, 0.15) is 0 Å². The van der Waals surface area contributed by atoms with Crippen LogP contribution < -0.4 is 0 Å². The van der Waals surface area contributed by atoms with Crippen LogP contribution in [0.4, 0.5) is 0 Å². The molecule has 1 atom stereocenters. The van der Waals surface area contributed by atoms with E-state index < -0.39 is 6.10 Å². The van der Waals surface area contributed by atoms with E-state index >= 15 is 0 Å². The average Bonchev–Trinajstić information content (AvgIpc) is 2.84. The lowest BCUT2D eigenvalue weighted by Gasteiger charge is -2.24. The Morgan fingerprint density at radius 3 is 2.84 bits per heavy atom. The number of thioether (sulfide) groups is 1. The summed E-state index contributed by atoms with van der Waals surface area (Å²) >= 11 is 1.45. The molecule has 0 radical (unpaired) electrons. The highest BCUT2D eigenvalue weighted by Crippen LogP contribution is 2.25. The third kappa shape index (κ3) is 3.78. The minimum absolute atomic E-state index is 0.129. The molecule has 0 saturated carbocycles. The van der Waals surface area contributed by atoms with Gasteiger partial charge >= 0.3 is 0 Å². The van der Waals surface area contributed by atoms with Crippen molar-refractivity contribution in [3.63, 3.8) is 0 Å². The second kappa shape index (κ2) is 5.71. The largest absolute Gasteiger partial charge is 0.392 e. The van der Waals surface area contributed by atoms with Crippen LogP contribution in [0, 0.1) is 5.41 Å². The number of hydrogen-bond acceptors (Lipinski definition) is 5. The molecule has 0 bridgehead atoms. The van der Waals surface area contributed by atoms with Gasteiger partial charge < -0.3 is 5.11 Å². The topological polar surface area (TPSA) is 74.7 Å². The van der Waals surface area contributed by atoms with Crippen molar-refractivity contribution >= 4 is 11.8 Å². The number of nitrogens with zero attached hydrogens (tertiary/aromatic N) is 3. The van der Waals surface area contributed by atoms with Gasteiger partial charge in [-0.05, 0) is 17.5 Å². The molecule has 0 fully saturated rings. The molecule has 2 rings (SSSR count). The van der Waals surface area contributed by atoms with Gasteiger partial charge in [0.2, 0.25) is 5.16 Å². The summed E-state index contributed by atoms with van der Waals surface area (Å²) in [6, 6.07) is 3.78. The molecule has 2 aromatic rings. The van der Waals surface area contributed by atoms with Crippen molar-refractivity contribution in [2.24, 2.45) is 5.41 Å². The fraction of sp³-hybridized carbons (Fsp3) is 0.462. The predicted molar refractivity (Wildman–Crippen MR) is 75.8 cm³/mol. The van der Waals surface area contributed by atoms with E-state index in [1.165, 1.54) is 11.8 Å². The number of nitrogens with one attached hydrogen (secondary N) is 1. The van der Waals surface area contributed by atoms with Gasteiger partial charge in [-0.3, -0.25) is 10.1 Å². The zero-order chi connectivity index (χ0) is 13.9. The highest BCUT2D eigenvalue weighted by atomic mass is 32.2. The summed E-state index contributed by atoms with van der Waals surface area (Å²) in [4.78, 5) is 8.42. The van der Waals surface area contributed by atoms with E-state index in [1.54, 1.807) is 12.4 Å². The first kappa shape index (κ1) is 14.0. The molecule has 0 aliphatic heterocycles. The van der Waals surface area contributed by atoms with Crippen molar-refractivity contribution < 1.29 is 5.11 Å². The van der Waals surface area contributed by atoms with Crippen LogP contribution in [0.1, 0.15) is 20.8 Å². The van der Waals surface area contributed by atoms with Crippen molar-refractivity contribution in [3.8, 4) is 11.4 Å². The Balaban J connectivity index is 1.99. The van der Waals surface area contributed by atoms with Crippen LogP contribution in [0.15, 0.2) is 29.7 Å². The number of aromatic amines is 1. The maximum absolute atomic E-state index is 9.97. The van der Waals surface area contributed by atoms with E-state index in [9.17, 15) is 5.11 Å². The Kier molecular flexibility index (Phi) is 4.21. The van der Waals surface area contributed by atoms with Gasteiger partial charge in [0.05, 0.1) is 6.10 Å². The lowest BCUT2D eigenvalue weighted by Crippen LogP contribution is -2.28. The second-order valence-corrected chi connectivity index (χ2v) is 6.39. The van der Waals surface area contributed by atoms with Crippen molar-refractivity contribution in [1.82, 2.24) is 20.2 Å². The van der Waals surface area contributed by atoms with E-state index in [1.807, 2.05) is 32.9 Å². The minimum Gasteiger partial charge on any atom is -0.392 e. The van der Waals surface area contributed by atoms with Gasteiger partial charge in [-0.15, -0.1) is 5.10 Å². The first-order valence-electron chi connectivity index (χ1n) is 6.10. The Labute approximate surface area is 116 Å². The quantitative estimate of drug-likeness (QED) is 0.840. The summed E-state index contributed by atoms with van der Waals surface area (Å²) in [6.45, 7) is 6.03. The van der Waals surface area contributed by atoms with Crippen LogP contribution in [0.25, 0.3) is 11.4 Å². The third-order valence-corrected chi connectivity index (χ3v) is 3.69. The zero-order valence-corrected chi connectivity index (χ0v) is 12.1. The highest BCUT2D eigenvalue weighted by molar-refractivity contribution is 7.99. The van der Waals surface area contributed by atoms with Crippen LogP contribution in [-0.4, -0.2) is 37.1 Å². The fourth-order valence-corrected chi connectivity index (χ4v) is 2.42. The molecule has 0 aliphatic carbocycles. The molecule has 0 amide bonds. The lowest BCUT2D eigenvalue weighted by molar-refractivity contribution is 0.0842. The molecule has 19 heavy (non-hydrogen) atoms. The number of hydrogen-bond donors (Lipinski definition) is 2. The molecule has 2 heterocycles. The predicted octanol–water partition coefficient (Wildman–Crippen LogP) is 2.37. The highest BCUT2D eigenvalue weighted by Gasteiger charge is 2.22. The second-order valence-electron chi connectivity index (χ2n) is 5.40. The van der Waals surface area contributed by atoms with Crippen LogP contribution in [0.2, 0.25) is 0 Å². The molecular formula is C13H18N4OS.